The number of hydrogen-bond acceptors (Lipinski definition) is 8. The number of amides is 2. The Morgan fingerprint density at radius 2 is 1.52 bits per heavy atom. The van der Waals surface area contributed by atoms with E-state index in [0.717, 1.165) is 12.1 Å². The van der Waals surface area contributed by atoms with Crippen LogP contribution in [-0.2, 0) is 31.9 Å². The van der Waals surface area contributed by atoms with E-state index in [1.165, 1.54) is 35.2 Å². The maximum Gasteiger partial charge on any atom is 0.573 e. The van der Waals surface area contributed by atoms with Crippen molar-refractivity contribution < 1.29 is 55.6 Å². The highest BCUT2D eigenvalue weighted by Gasteiger charge is 2.50. The first-order valence-electron chi connectivity index (χ1n) is 13.7. The van der Waals surface area contributed by atoms with Crippen LogP contribution >= 0.6 is 0 Å². The zero-order valence-electron chi connectivity index (χ0n) is 25.2. The summed E-state index contributed by atoms with van der Waals surface area (Å²) in [7, 11) is 0. The monoisotopic (exact) mass is 628 g/mol. The Labute approximate surface area is 252 Å². The minimum absolute atomic E-state index is 0.0401. The molecular weight excluding hydrogens is 592 g/mol. The van der Waals surface area contributed by atoms with Crippen LogP contribution in [0.5, 0.6) is 5.75 Å². The number of alkyl halides is 3. The summed E-state index contributed by atoms with van der Waals surface area (Å²) in [5.41, 5.74) is -0.937. The minimum Gasteiger partial charge on any atom is -0.444 e. The summed E-state index contributed by atoms with van der Waals surface area (Å²) in [5, 5.41) is 2.50. The standard InChI is InChI=1S/C30H36F4N2O8/c1-28(2,3)43-26(38)36-17-23(40-27(39)44-29(4,5)6)24(41-25(37)35-16-19-8-7-9-20(31)14-19)22(36)15-18-10-12-21(13-11-18)42-30(32,33)34/h7-14,22-24H,15-17H2,1-6H3,(H,35,37)/t22-,23+,24+/m1/s1. The van der Waals surface area contributed by atoms with Crippen molar-refractivity contribution in [3.8, 4) is 5.75 Å². The lowest BCUT2D eigenvalue weighted by Gasteiger charge is -2.30. The molecule has 1 N–H and O–H groups in total. The second kappa shape index (κ2) is 13.6. The van der Waals surface area contributed by atoms with Gasteiger partial charge in [0.2, 0.25) is 0 Å². The first-order chi connectivity index (χ1) is 20.3. The van der Waals surface area contributed by atoms with E-state index in [9.17, 15) is 31.9 Å². The molecule has 2 amide bonds. The molecule has 10 nitrogen and oxygen atoms in total. The first kappa shape index (κ1) is 34.3. The highest BCUT2D eigenvalue weighted by Crippen LogP contribution is 2.31. The van der Waals surface area contributed by atoms with Crippen LogP contribution in [0.15, 0.2) is 48.5 Å². The first-order valence-corrected chi connectivity index (χ1v) is 13.7. The average Bonchev–Trinajstić information content (AvgIpc) is 3.17. The molecule has 1 heterocycles. The van der Waals surface area contributed by atoms with Crippen molar-refractivity contribution in [2.24, 2.45) is 0 Å². The molecular formula is C30H36F4N2O8. The Kier molecular flexibility index (Phi) is 10.6. The highest BCUT2D eigenvalue weighted by molar-refractivity contribution is 5.71. The summed E-state index contributed by atoms with van der Waals surface area (Å²) in [6, 6.07) is 9.46. The Hall–Kier alpha value is -4.23. The second-order valence-electron chi connectivity index (χ2n) is 12.1. The van der Waals surface area contributed by atoms with E-state index in [0.29, 0.717) is 11.1 Å². The number of nitrogens with zero attached hydrogens (tertiary/aromatic N) is 1. The van der Waals surface area contributed by atoms with Gasteiger partial charge in [0.25, 0.3) is 0 Å². The molecule has 1 fully saturated rings. The van der Waals surface area contributed by atoms with Gasteiger partial charge < -0.3 is 29.0 Å². The van der Waals surface area contributed by atoms with Gasteiger partial charge in [0.05, 0.1) is 12.6 Å². The predicted molar refractivity (Wildman–Crippen MR) is 148 cm³/mol. The van der Waals surface area contributed by atoms with Gasteiger partial charge in [-0.1, -0.05) is 24.3 Å². The van der Waals surface area contributed by atoms with Crippen molar-refractivity contribution in [2.45, 2.75) is 90.3 Å². The van der Waals surface area contributed by atoms with Crippen molar-refractivity contribution in [3.05, 3.63) is 65.5 Å². The van der Waals surface area contributed by atoms with Gasteiger partial charge in [-0.25, -0.2) is 18.8 Å². The third-order valence-corrected chi connectivity index (χ3v) is 5.96. The van der Waals surface area contributed by atoms with Crippen LogP contribution in [0.1, 0.15) is 52.7 Å². The Balaban J connectivity index is 1.91. The molecule has 1 saturated heterocycles. The Morgan fingerprint density at radius 3 is 2.09 bits per heavy atom. The summed E-state index contributed by atoms with van der Waals surface area (Å²) < 4.78 is 77.5. The zero-order valence-corrected chi connectivity index (χ0v) is 25.2. The van der Waals surface area contributed by atoms with Crippen LogP contribution in [0.2, 0.25) is 0 Å². The molecule has 0 spiro atoms. The third kappa shape index (κ3) is 11.1. The molecule has 0 bridgehead atoms. The number of likely N-dealkylation sites (tertiary alicyclic amines) is 1. The topological polar surface area (TPSA) is 113 Å². The normalized spacial score (nSPS) is 18.8. The van der Waals surface area contributed by atoms with Gasteiger partial charge in [0, 0.05) is 6.54 Å². The van der Waals surface area contributed by atoms with E-state index in [1.807, 2.05) is 0 Å². The molecule has 1 aliphatic rings. The Bertz CT molecular complexity index is 1310. The van der Waals surface area contributed by atoms with Crippen molar-refractivity contribution in [3.63, 3.8) is 0 Å². The van der Waals surface area contributed by atoms with E-state index in [-0.39, 0.29) is 19.5 Å². The fourth-order valence-electron chi connectivity index (χ4n) is 4.33. The van der Waals surface area contributed by atoms with E-state index in [4.69, 9.17) is 18.9 Å². The van der Waals surface area contributed by atoms with Gasteiger partial charge in [-0.05, 0) is 83.4 Å². The smallest absolute Gasteiger partial charge is 0.444 e. The van der Waals surface area contributed by atoms with Crippen LogP contribution in [0.25, 0.3) is 0 Å². The number of hydrogen-bond donors (Lipinski definition) is 1. The molecule has 1 aliphatic heterocycles. The summed E-state index contributed by atoms with van der Waals surface area (Å²) in [5.74, 6) is -0.952. The molecule has 3 rings (SSSR count). The van der Waals surface area contributed by atoms with Crippen LogP contribution < -0.4 is 10.1 Å². The third-order valence-electron chi connectivity index (χ3n) is 5.96. The largest absolute Gasteiger partial charge is 0.573 e. The fraction of sp³-hybridized carbons (Fsp3) is 0.500. The van der Waals surface area contributed by atoms with E-state index in [2.05, 4.69) is 10.1 Å². The van der Waals surface area contributed by atoms with Gasteiger partial charge >= 0.3 is 24.7 Å². The number of carbonyl (C=O) groups excluding carboxylic acids is 3. The number of nitrogens with one attached hydrogen (secondary N) is 1. The van der Waals surface area contributed by atoms with Crippen molar-refractivity contribution >= 4 is 18.3 Å². The number of halogens is 4. The van der Waals surface area contributed by atoms with Gasteiger partial charge in [0.1, 0.15) is 22.8 Å². The van der Waals surface area contributed by atoms with Gasteiger partial charge in [0.15, 0.2) is 12.2 Å². The lowest BCUT2D eigenvalue weighted by molar-refractivity contribution is -0.274. The summed E-state index contributed by atoms with van der Waals surface area (Å²) in [6.07, 6.45) is -10.2. The van der Waals surface area contributed by atoms with Crippen LogP contribution in [0, 0.1) is 5.82 Å². The molecule has 2 aromatic carbocycles. The molecule has 44 heavy (non-hydrogen) atoms. The predicted octanol–water partition coefficient (Wildman–Crippen LogP) is 6.50. The lowest BCUT2D eigenvalue weighted by Crippen LogP contribution is -2.46. The molecule has 0 saturated carbocycles. The molecule has 0 aliphatic carbocycles. The maximum atomic E-state index is 13.6. The second-order valence-corrected chi connectivity index (χ2v) is 12.1. The zero-order chi connectivity index (χ0) is 32.9. The fourth-order valence-corrected chi connectivity index (χ4v) is 4.33. The van der Waals surface area contributed by atoms with Gasteiger partial charge in [-0.3, -0.25) is 4.90 Å². The molecule has 0 radical (unpaired) electrons. The molecule has 0 unspecified atom stereocenters. The lowest BCUT2D eigenvalue weighted by atomic mass is 10.0. The summed E-state index contributed by atoms with van der Waals surface area (Å²) >= 11 is 0. The highest BCUT2D eigenvalue weighted by atomic mass is 19.4. The van der Waals surface area contributed by atoms with Crippen LogP contribution in [0.3, 0.4) is 0 Å². The van der Waals surface area contributed by atoms with Gasteiger partial charge in [-0.2, -0.15) is 0 Å². The molecule has 14 heteroatoms. The SMILES string of the molecule is CC(C)(C)OC(=O)O[C@H]1CN(C(=O)OC(C)(C)C)[C@H](Cc2ccc(OC(F)(F)F)cc2)[C@@H]1OC(=O)NCc1cccc(F)c1. The summed E-state index contributed by atoms with van der Waals surface area (Å²) in [6.45, 7) is 9.47. The molecule has 0 aromatic heterocycles. The van der Waals surface area contributed by atoms with Crippen molar-refractivity contribution in [1.82, 2.24) is 10.2 Å². The van der Waals surface area contributed by atoms with E-state index in [1.54, 1.807) is 47.6 Å². The number of benzene rings is 2. The quantitative estimate of drug-likeness (QED) is 0.210. The molecule has 242 valence electrons. The maximum absolute atomic E-state index is 13.6. The van der Waals surface area contributed by atoms with E-state index < -0.39 is 65.7 Å². The van der Waals surface area contributed by atoms with E-state index >= 15 is 0 Å². The molecule has 2 aromatic rings. The van der Waals surface area contributed by atoms with Crippen molar-refractivity contribution in [2.75, 3.05) is 6.54 Å². The molecule has 3 atom stereocenters. The van der Waals surface area contributed by atoms with Gasteiger partial charge in [-0.15, -0.1) is 13.2 Å². The Morgan fingerprint density at radius 1 is 0.886 bits per heavy atom. The minimum atomic E-state index is -4.88. The average molecular weight is 629 g/mol. The van der Waals surface area contributed by atoms with Crippen LogP contribution in [-0.4, -0.2) is 65.6 Å². The number of carbonyl (C=O) groups is 3. The number of alkyl carbamates (subject to hydrolysis) is 1. The number of ether oxygens (including phenoxy) is 5. The van der Waals surface area contributed by atoms with Crippen LogP contribution in [0.4, 0.5) is 31.9 Å². The van der Waals surface area contributed by atoms with Crippen molar-refractivity contribution in [1.29, 1.82) is 0 Å². The number of rotatable bonds is 7. The summed E-state index contributed by atoms with van der Waals surface area (Å²) in [4.78, 5) is 40.1.